The summed E-state index contributed by atoms with van der Waals surface area (Å²) < 4.78 is 6.13. The van der Waals surface area contributed by atoms with E-state index in [1.54, 1.807) is 18.1 Å². The van der Waals surface area contributed by atoms with Gasteiger partial charge >= 0.3 is 0 Å². The minimum absolute atomic E-state index is 0.730. The molecule has 1 aliphatic carbocycles. The van der Waals surface area contributed by atoms with Gasteiger partial charge < -0.3 is 5.32 Å². The van der Waals surface area contributed by atoms with E-state index >= 15 is 0 Å². The van der Waals surface area contributed by atoms with Crippen LogP contribution in [0.25, 0.3) is 0 Å². The molecular formula is C12H12BrN3S2. The zero-order chi connectivity index (χ0) is 12.4. The lowest BCUT2D eigenvalue weighted by Crippen LogP contribution is -2.15. The van der Waals surface area contributed by atoms with E-state index in [-0.39, 0.29) is 0 Å². The molecule has 0 aliphatic heterocycles. The lowest BCUT2D eigenvalue weighted by Gasteiger charge is -2.09. The van der Waals surface area contributed by atoms with Crippen LogP contribution < -0.4 is 5.32 Å². The van der Waals surface area contributed by atoms with Crippen molar-refractivity contribution in [1.82, 2.24) is 14.7 Å². The second-order valence-electron chi connectivity index (χ2n) is 4.22. The van der Waals surface area contributed by atoms with E-state index in [1.807, 2.05) is 0 Å². The largest absolute Gasteiger partial charge is 0.310 e. The maximum absolute atomic E-state index is 4.22. The second kappa shape index (κ2) is 5.69. The van der Waals surface area contributed by atoms with Gasteiger partial charge in [0, 0.05) is 22.0 Å². The highest BCUT2D eigenvalue weighted by Crippen LogP contribution is 2.33. The molecule has 0 radical (unpaired) electrons. The quantitative estimate of drug-likeness (QED) is 0.899. The van der Waals surface area contributed by atoms with Crippen LogP contribution in [0, 0.1) is 0 Å². The molecule has 94 valence electrons. The molecule has 1 saturated carbocycles. The summed E-state index contributed by atoms with van der Waals surface area (Å²) in [5.41, 5.74) is 1.32. The Balaban J connectivity index is 1.78. The number of aromatic nitrogens is 2. The van der Waals surface area contributed by atoms with Crippen molar-refractivity contribution in [2.24, 2.45) is 0 Å². The average molecular weight is 342 g/mol. The Hall–Kier alpha value is -0.430. The van der Waals surface area contributed by atoms with Gasteiger partial charge in [-0.05, 0) is 42.1 Å². The highest BCUT2D eigenvalue weighted by atomic mass is 79.9. The highest BCUT2D eigenvalue weighted by molar-refractivity contribution is 9.10. The fraction of sp³-hybridized carbons (Fsp3) is 0.333. The number of nitrogens with one attached hydrogen (secondary N) is 1. The Morgan fingerprint density at radius 3 is 3.06 bits per heavy atom. The van der Waals surface area contributed by atoms with Gasteiger partial charge in [0.1, 0.15) is 6.33 Å². The second-order valence-corrected chi connectivity index (χ2v) is 7.20. The number of hydrogen-bond acceptors (Lipinski definition) is 5. The Morgan fingerprint density at radius 2 is 2.33 bits per heavy atom. The van der Waals surface area contributed by atoms with Crippen LogP contribution in [-0.2, 0) is 6.54 Å². The van der Waals surface area contributed by atoms with Gasteiger partial charge in [0.25, 0.3) is 0 Å². The predicted octanol–water partition coefficient (Wildman–Crippen LogP) is 3.70. The van der Waals surface area contributed by atoms with Gasteiger partial charge in [0.15, 0.2) is 4.34 Å². The summed E-state index contributed by atoms with van der Waals surface area (Å²) in [6, 6.07) is 7.14. The molecule has 1 aromatic carbocycles. The lowest BCUT2D eigenvalue weighted by molar-refractivity contribution is 0.680. The summed E-state index contributed by atoms with van der Waals surface area (Å²) in [5.74, 6) is 0. The van der Waals surface area contributed by atoms with Gasteiger partial charge in [-0.3, -0.25) is 0 Å². The van der Waals surface area contributed by atoms with Gasteiger partial charge in [-0.25, -0.2) is 4.98 Å². The van der Waals surface area contributed by atoms with Crippen LogP contribution in [0.4, 0.5) is 0 Å². The minimum Gasteiger partial charge on any atom is -0.310 e. The van der Waals surface area contributed by atoms with Crippen LogP contribution in [0.15, 0.2) is 38.2 Å². The number of rotatable bonds is 5. The summed E-state index contributed by atoms with van der Waals surface area (Å²) in [6.07, 6.45) is 4.23. The SMILES string of the molecule is Brc1ccc(CNC2CC2)c(Sc2ncns2)c1. The Kier molecular flexibility index (Phi) is 3.98. The minimum atomic E-state index is 0.730. The van der Waals surface area contributed by atoms with Crippen molar-refractivity contribution in [1.29, 1.82) is 0 Å². The molecule has 0 atom stereocenters. The van der Waals surface area contributed by atoms with Crippen LogP contribution in [-0.4, -0.2) is 15.4 Å². The van der Waals surface area contributed by atoms with Crippen molar-refractivity contribution in [3.63, 3.8) is 0 Å². The van der Waals surface area contributed by atoms with Crippen molar-refractivity contribution in [2.75, 3.05) is 0 Å². The molecule has 6 heteroatoms. The third-order valence-corrected chi connectivity index (χ3v) is 5.03. The first-order valence-electron chi connectivity index (χ1n) is 5.77. The van der Waals surface area contributed by atoms with Gasteiger partial charge in [-0.15, -0.1) is 0 Å². The van der Waals surface area contributed by atoms with Crippen LogP contribution in [0.3, 0.4) is 0 Å². The standard InChI is InChI=1S/C12H12BrN3S2/c13-9-2-1-8(6-14-10-3-4-10)11(5-9)17-12-15-7-16-18-12/h1-2,5,7,10,14H,3-4,6H2. The zero-order valence-electron chi connectivity index (χ0n) is 9.60. The number of benzene rings is 1. The van der Waals surface area contributed by atoms with Gasteiger partial charge in [-0.1, -0.05) is 33.8 Å². The summed E-state index contributed by atoms with van der Waals surface area (Å²) in [4.78, 5) is 5.47. The fourth-order valence-corrected chi connectivity index (χ4v) is 3.70. The molecule has 2 aromatic rings. The summed E-state index contributed by atoms with van der Waals surface area (Å²) in [5, 5.41) is 3.55. The first-order chi connectivity index (χ1) is 8.81. The fourth-order valence-electron chi connectivity index (χ4n) is 1.61. The van der Waals surface area contributed by atoms with Crippen LogP contribution in [0.2, 0.25) is 0 Å². The molecule has 18 heavy (non-hydrogen) atoms. The molecule has 3 rings (SSSR count). The third kappa shape index (κ3) is 3.32. The molecule has 1 aromatic heterocycles. The topological polar surface area (TPSA) is 37.8 Å². The van der Waals surface area contributed by atoms with Crippen molar-refractivity contribution >= 4 is 39.2 Å². The van der Waals surface area contributed by atoms with E-state index < -0.39 is 0 Å². The predicted molar refractivity (Wildman–Crippen MR) is 78.0 cm³/mol. The average Bonchev–Trinajstić information content (AvgIpc) is 3.05. The maximum atomic E-state index is 4.22. The van der Waals surface area contributed by atoms with Crippen LogP contribution >= 0.6 is 39.2 Å². The first-order valence-corrected chi connectivity index (χ1v) is 8.16. The monoisotopic (exact) mass is 341 g/mol. The molecule has 0 amide bonds. The van der Waals surface area contributed by atoms with E-state index in [4.69, 9.17) is 0 Å². The molecule has 1 N–H and O–H groups in total. The van der Waals surface area contributed by atoms with Crippen molar-refractivity contribution in [3.8, 4) is 0 Å². The lowest BCUT2D eigenvalue weighted by atomic mass is 10.2. The highest BCUT2D eigenvalue weighted by Gasteiger charge is 2.20. The maximum Gasteiger partial charge on any atom is 0.174 e. The molecule has 1 aliphatic rings. The molecule has 0 unspecified atom stereocenters. The van der Waals surface area contributed by atoms with E-state index in [2.05, 4.69) is 48.8 Å². The van der Waals surface area contributed by atoms with Gasteiger partial charge in [-0.2, -0.15) is 4.37 Å². The van der Waals surface area contributed by atoms with Crippen molar-refractivity contribution < 1.29 is 0 Å². The number of hydrogen-bond donors (Lipinski definition) is 1. The third-order valence-electron chi connectivity index (χ3n) is 2.73. The molecule has 3 nitrogen and oxygen atoms in total. The first kappa shape index (κ1) is 12.6. The van der Waals surface area contributed by atoms with Gasteiger partial charge in [0.2, 0.25) is 0 Å². The van der Waals surface area contributed by atoms with Crippen LogP contribution in [0.5, 0.6) is 0 Å². The summed E-state index contributed by atoms with van der Waals surface area (Å²) >= 11 is 6.64. The van der Waals surface area contributed by atoms with E-state index in [0.29, 0.717) is 0 Å². The number of halogens is 1. The molecule has 0 bridgehead atoms. The molecule has 1 heterocycles. The van der Waals surface area contributed by atoms with E-state index in [9.17, 15) is 0 Å². The van der Waals surface area contributed by atoms with Gasteiger partial charge in [0.05, 0.1) is 0 Å². The van der Waals surface area contributed by atoms with Crippen molar-refractivity contribution in [2.45, 2.75) is 34.7 Å². The molecule has 0 spiro atoms. The normalized spacial score (nSPS) is 14.9. The van der Waals surface area contributed by atoms with Crippen LogP contribution in [0.1, 0.15) is 18.4 Å². The van der Waals surface area contributed by atoms with E-state index in [1.165, 1.54) is 34.8 Å². The Morgan fingerprint density at radius 1 is 1.44 bits per heavy atom. The zero-order valence-corrected chi connectivity index (χ0v) is 12.8. The smallest absolute Gasteiger partial charge is 0.174 e. The molecular weight excluding hydrogens is 330 g/mol. The summed E-state index contributed by atoms with van der Waals surface area (Å²) in [6.45, 7) is 0.930. The Bertz CT molecular complexity index is 526. The van der Waals surface area contributed by atoms with E-state index in [0.717, 1.165) is 21.4 Å². The molecule has 1 fully saturated rings. The Labute approximate surface area is 123 Å². The number of nitrogens with zero attached hydrogens (tertiary/aromatic N) is 2. The summed E-state index contributed by atoms with van der Waals surface area (Å²) in [7, 11) is 0. The van der Waals surface area contributed by atoms with Crippen molar-refractivity contribution in [3.05, 3.63) is 34.6 Å². The molecule has 0 saturated heterocycles.